The van der Waals surface area contributed by atoms with Gasteiger partial charge in [0.25, 0.3) is 0 Å². The lowest BCUT2D eigenvalue weighted by Crippen LogP contribution is -1.80. The molecule has 0 radical (unpaired) electrons. The fourth-order valence-corrected chi connectivity index (χ4v) is 15.8. The minimum Gasteiger partial charge on any atom is -0.361 e. The lowest BCUT2D eigenvalue weighted by Gasteiger charge is -1.98. The summed E-state index contributed by atoms with van der Waals surface area (Å²) in [5, 5.41) is 16.8. The minimum absolute atomic E-state index is 0.569. The molecule has 14 heterocycles. The summed E-state index contributed by atoms with van der Waals surface area (Å²) in [5.74, 6) is 0. The Kier molecular flexibility index (Phi) is 29.3. The average Bonchev–Trinajstić information content (AvgIpc) is 1.40. The molecule has 11 nitrogen and oxygen atoms in total. The fourth-order valence-electron chi connectivity index (χ4n) is 10.9. The molecule has 14 aromatic heterocycles. The number of H-pyrrole nitrogens is 6. The van der Waals surface area contributed by atoms with E-state index in [4.69, 9.17) is 116 Å². The highest BCUT2D eigenvalue weighted by Crippen LogP contribution is 2.32. The molecular formula is C84H73Cl10N11S3. The molecule has 0 aliphatic heterocycles. The first kappa shape index (κ1) is 82.4. The second-order valence-electron chi connectivity index (χ2n) is 25.2. The largest absolute Gasteiger partial charge is 0.361 e. The highest BCUT2D eigenvalue weighted by atomic mass is 35.5. The van der Waals surface area contributed by atoms with Gasteiger partial charge in [0, 0.05) is 160 Å². The smallest absolute Gasteiger partial charge is 0.139 e. The number of aryl methyl sites for hydroxylation is 11. The van der Waals surface area contributed by atoms with Crippen LogP contribution in [-0.2, 0) is 0 Å². The third-order valence-electron chi connectivity index (χ3n) is 16.1. The molecule has 19 aromatic rings. The minimum atomic E-state index is 0.569. The molecule has 0 amide bonds. The second-order valence-corrected chi connectivity index (χ2v) is 33.3. The summed E-state index contributed by atoms with van der Waals surface area (Å²) in [7, 11) is 0. The molecule has 0 aliphatic carbocycles. The SMILES string of the molecule is Cc1cc2[nH]cc(Cl)c2cn1.Cc1cc2cc(Cl)ccc2[nH]1.Cc1cc2cc(Cl)cnc2[nH]1.Cc1cc2ccc(Cl)cc2s1.Cc1cc2ccc(Cl)nc2s1.Cc1ccc2c(C)c[nH]c2c1.Cc1ccc2c(Cl)c[nH]c2c1.Cc1ccc2c(Cl)c[nH]c2n1.Cc1cnc2cc(Cl)ccc2c1.Cc1sc(Cl)cc1Cl. The van der Waals surface area contributed by atoms with E-state index in [1.165, 1.54) is 80.8 Å². The van der Waals surface area contributed by atoms with E-state index in [2.05, 4.69) is 150 Å². The van der Waals surface area contributed by atoms with Crippen LogP contribution >= 0.6 is 150 Å². The van der Waals surface area contributed by atoms with Gasteiger partial charge in [0.15, 0.2) is 0 Å². The van der Waals surface area contributed by atoms with Crippen LogP contribution in [0.2, 0.25) is 49.7 Å². The zero-order chi connectivity index (χ0) is 77.5. The van der Waals surface area contributed by atoms with E-state index in [0.29, 0.717) is 10.2 Å². The predicted octanol–water partition coefficient (Wildman–Crippen LogP) is 30.3. The number of nitrogens with zero attached hydrogens (tertiary/aromatic N) is 5. The van der Waals surface area contributed by atoms with Gasteiger partial charge in [0.1, 0.15) is 21.3 Å². The van der Waals surface area contributed by atoms with E-state index in [0.717, 1.165) is 127 Å². The number of rotatable bonds is 0. The van der Waals surface area contributed by atoms with Gasteiger partial charge in [-0.15, -0.1) is 34.0 Å². The first-order chi connectivity index (χ1) is 51.6. The Balaban J connectivity index is 0.000000128. The van der Waals surface area contributed by atoms with Crippen LogP contribution in [0.1, 0.15) is 59.7 Å². The van der Waals surface area contributed by atoms with E-state index in [1.54, 1.807) is 53.5 Å². The molecule has 0 saturated carbocycles. The van der Waals surface area contributed by atoms with Gasteiger partial charge in [-0.1, -0.05) is 152 Å². The van der Waals surface area contributed by atoms with Gasteiger partial charge in [-0.3, -0.25) is 9.97 Å². The molecule has 0 saturated heterocycles. The highest BCUT2D eigenvalue weighted by molar-refractivity contribution is 7.19. The molecule has 24 heteroatoms. The van der Waals surface area contributed by atoms with Crippen LogP contribution in [0.25, 0.3) is 96.9 Å². The Labute approximate surface area is 687 Å². The Morgan fingerprint density at radius 1 is 0.324 bits per heavy atom. The van der Waals surface area contributed by atoms with Gasteiger partial charge in [-0.25, -0.2) is 15.0 Å². The maximum absolute atomic E-state index is 5.89. The standard InChI is InChI=1S/C10H8ClN.C10H11N.2C9H8ClN.C9H7ClS.3C8H7ClN2.C8H6ClNS.C5H4Cl2S/c1-7-4-8-2-3-9(11)5-10(8)12-6-7;1-7-3-4-9-8(2)6-11-10(9)5-7;1-6-4-7-5-8(10)2-3-9(7)11-6;1-6-2-3-7-8(10)5-11-9(7)4-6;1-6-4-7-2-3-8(10)5-9(7)11-6;1-5-2-8-6(3-10-5)7(9)4-11-8;1-5-2-6-3-7(9)4-10-8(6)11-5;1-5-2-3-6-7(9)4-10-8(6)11-5;1-5-4-6-2-3-7(9)10-8(6)11-5;1-3-4(6)2-5(7)8-3/h2-6H,1H3;3-6,11H,1-2H3;2*2-5,11H,1H3;2-5H,1H3;2-4,11H,1H3;2*2-4H,1H3,(H,10,11);2-4H,1H3;2H,1H3. The normalized spacial score (nSPS) is 10.6. The number of thiophene rings is 3. The molecule has 5 aromatic carbocycles. The van der Waals surface area contributed by atoms with E-state index in [-0.39, 0.29) is 0 Å². The number of nitrogens with one attached hydrogen (secondary N) is 6. The Morgan fingerprint density at radius 3 is 1.62 bits per heavy atom. The number of aromatic nitrogens is 11. The van der Waals surface area contributed by atoms with Crippen LogP contribution in [-0.4, -0.2) is 54.8 Å². The van der Waals surface area contributed by atoms with Gasteiger partial charge >= 0.3 is 0 Å². The molecule has 0 unspecified atom stereocenters. The topological polar surface area (TPSA) is 159 Å². The Bertz CT molecular complexity index is 5510. The van der Waals surface area contributed by atoms with Gasteiger partial charge in [-0.05, 0) is 231 Å². The number of hydrogen-bond donors (Lipinski definition) is 6. The quantitative estimate of drug-likeness (QED) is 0.0833. The van der Waals surface area contributed by atoms with Gasteiger partial charge in [0.05, 0.1) is 40.5 Å². The van der Waals surface area contributed by atoms with Crippen molar-refractivity contribution in [1.29, 1.82) is 0 Å². The monoisotopic (exact) mass is 1680 g/mol. The van der Waals surface area contributed by atoms with Gasteiger partial charge in [0.2, 0.25) is 0 Å². The molecule has 0 atom stereocenters. The number of hydrogen-bond acceptors (Lipinski definition) is 8. The number of benzene rings is 5. The maximum atomic E-state index is 5.89. The maximum Gasteiger partial charge on any atom is 0.139 e. The average molecular weight is 1690 g/mol. The summed E-state index contributed by atoms with van der Waals surface area (Å²) in [6.07, 6.45) is 12.6. The lowest BCUT2D eigenvalue weighted by molar-refractivity contribution is 1.22. The van der Waals surface area contributed by atoms with Crippen molar-refractivity contribution >= 4 is 247 Å². The van der Waals surface area contributed by atoms with Crippen molar-refractivity contribution in [1.82, 2.24) is 54.8 Å². The molecular weight excluding hydrogens is 1610 g/mol. The van der Waals surface area contributed by atoms with E-state index in [9.17, 15) is 0 Å². The number of halogens is 10. The van der Waals surface area contributed by atoms with Crippen LogP contribution in [0.4, 0.5) is 0 Å². The molecule has 0 fully saturated rings. The molecule has 108 heavy (non-hydrogen) atoms. The third-order valence-corrected chi connectivity index (χ3v) is 21.8. The number of pyridine rings is 5. The highest BCUT2D eigenvalue weighted by Gasteiger charge is 2.07. The summed E-state index contributed by atoms with van der Waals surface area (Å²) in [5.41, 5.74) is 16.5. The van der Waals surface area contributed by atoms with Crippen molar-refractivity contribution in [3.8, 4) is 0 Å². The van der Waals surface area contributed by atoms with Crippen molar-refractivity contribution in [2.24, 2.45) is 0 Å². The third kappa shape index (κ3) is 23.5. The van der Waals surface area contributed by atoms with Crippen molar-refractivity contribution in [3.63, 3.8) is 0 Å². The van der Waals surface area contributed by atoms with Crippen molar-refractivity contribution in [3.05, 3.63) is 317 Å². The number of fused-ring (bicyclic) bond motifs is 9. The van der Waals surface area contributed by atoms with Crippen molar-refractivity contribution in [2.45, 2.75) is 76.2 Å². The zero-order valence-electron chi connectivity index (χ0n) is 60.4. The molecule has 552 valence electrons. The summed E-state index contributed by atoms with van der Waals surface area (Å²) >= 11 is 62.8. The van der Waals surface area contributed by atoms with Gasteiger partial charge in [-0.2, -0.15) is 0 Å². The summed E-state index contributed by atoms with van der Waals surface area (Å²) in [6, 6.07) is 54.1. The lowest BCUT2D eigenvalue weighted by atomic mass is 10.1. The molecule has 0 spiro atoms. The van der Waals surface area contributed by atoms with Crippen LogP contribution in [0.5, 0.6) is 0 Å². The zero-order valence-corrected chi connectivity index (χ0v) is 70.4. The molecule has 0 bridgehead atoms. The van der Waals surface area contributed by atoms with Crippen LogP contribution < -0.4 is 0 Å². The summed E-state index contributed by atoms with van der Waals surface area (Å²) in [6.45, 7) is 22.4. The van der Waals surface area contributed by atoms with Gasteiger partial charge < -0.3 is 29.9 Å². The summed E-state index contributed by atoms with van der Waals surface area (Å²) in [4.78, 5) is 44.4. The molecule has 0 aliphatic rings. The van der Waals surface area contributed by atoms with Crippen LogP contribution in [0, 0.1) is 76.2 Å². The van der Waals surface area contributed by atoms with Crippen molar-refractivity contribution < 1.29 is 0 Å². The number of aromatic amines is 6. The predicted molar refractivity (Wildman–Crippen MR) is 473 cm³/mol. The van der Waals surface area contributed by atoms with Crippen LogP contribution in [0.3, 0.4) is 0 Å². The Morgan fingerprint density at radius 2 is 0.907 bits per heavy atom. The first-order valence-electron chi connectivity index (χ1n) is 33.5. The second kappa shape index (κ2) is 38.5. The van der Waals surface area contributed by atoms with E-state index in [1.807, 2.05) is 157 Å². The Hall–Kier alpha value is -8.13. The fraction of sp³-hybridized carbons (Fsp3) is 0.131. The van der Waals surface area contributed by atoms with E-state index >= 15 is 0 Å². The summed E-state index contributed by atoms with van der Waals surface area (Å²) < 4.78 is 2.03. The van der Waals surface area contributed by atoms with Crippen molar-refractivity contribution in [2.75, 3.05) is 0 Å². The van der Waals surface area contributed by atoms with E-state index < -0.39 is 0 Å². The van der Waals surface area contributed by atoms with Crippen LogP contribution in [0.15, 0.2) is 207 Å². The molecule has 6 N–H and O–H groups in total. The first-order valence-corrected chi connectivity index (χ1v) is 39.7. The molecule has 19 rings (SSSR count).